The third-order valence-electron chi connectivity index (χ3n) is 7.77. The lowest BCUT2D eigenvalue weighted by Gasteiger charge is -2.41. The molecule has 11 nitrogen and oxygen atoms in total. The smallest absolute Gasteiger partial charge is 0.410 e. The molecule has 3 aliphatic rings. The normalized spacial score (nSPS) is 20.8. The van der Waals surface area contributed by atoms with Crippen LogP contribution in [-0.4, -0.2) is 80.0 Å². The minimum absolute atomic E-state index is 0.0408. The lowest BCUT2D eigenvalue weighted by molar-refractivity contribution is -0.0263. The summed E-state index contributed by atoms with van der Waals surface area (Å²) in [5.41, 5.74) is -0.970. The number of halogens is 1. The number of carbonyl (C=O) groups excluding carboxylic acids is 1. The van der Waals surface area contributed by atoms with Crippen LogP contribution in [0.4, 0.5) is 9.18 Å². The average molecular weight is 568 g/mol. The standard InChI is InChI=1S/C29H34FN5O6/c1-28(2,3)41-27(37)34(15-18-12-22-23(14-31-18)40-11-10-39-22)19-6-8-33(9-7-19)16-29(38)17-35-24(36)5-4-21-26(35)25(29)20(30)13-32-21/h4-5,12-14,19,38H,6-11,15-17H2,1-3H3. The molecule has 0 spiro atoms. The lowest BCUT2D eigenvalue weighted by atomic mass is 9.93. The van der Waals surface area contributed by atoms with Gasteiger partial charge in [0.2, 0.25) is 0 Å². The Bertz CT molecular complexity index is 1550. The minimum atomic E-state index is -1.58. The number of amides is 1. The zero-order valence-corrected chi connectivity index (χ0v) is 23.4. The highest BCUT2D eigenvalue weighted by Crippen LogP contribution is 2.38. The van der Waals surface area contributed by atoms with Crippen molar-refractivity contribution in [2.24, 2.45) is 0 Å². The van der Waals surface area contributed by atoms with Crippen LogP contribution in [0.1, 0.15) is 44.9 Å². The van der Waals surface area contributed by atoms with Gasteiger partial charge in [-0.3, -0.25) is 24.6 Å². The predicted molar refractivity (Wildman–Crippen MR) is 146 cm³/mol. The van der Waals surface area contributed by atoms with Gasteiger partial charge in [0.05, 0.1) is 47.8 Å². The van der Waals surface area contributed by atoms with Crippen molar-refractivity contribution in [3.8, 4) is 11.5 Å². The molecule has 0 bridgehead atoms. The van der Waals surface area contributed by atoms with Crippen LogP contribution in [-0.2, 0) is 23.4 Å². The number of likely N-dealkylation sites (tertiary alicyclic amines) is 1. The van der Waals surface area contributed by atoms with Crippen LogP contribution < -0.4 is 15.0 Å². The average Bonchev–Trinajstić information content (AvgIpc) is 3.24. The summed E-state index contributed by atoms with van der Waals surface area (Å²) in [4.78, 5) is 38.2. The van der Waals surface area contributed by atoms with E-state index in [0.717, 1.165) is 6.20 Å². The van der Waals surface area contributed by atoms with Gasteiger partial charge in [0, 0.05) is 37.8 Å². The number of ether oxygens (including phenoxy) is 3. The van der Waals surface area contributed by atoms with Gasteiger partial charge >= 0.3 is 6.09 Å². The van der Waals surface area contributed by atoms with E-state index in [9.17, 15) is 14.7 Å². The van der Waals surface area contributed by atoms with Gasteiger partial charge in [-0.25, -0.2) is 9.18 Å². The van der Waals surface area contributed by atoms with Crippen molar-refractivity contribution >= 4 is 17.1 Å². The van der Waals surface area contributed by atoms with E-state index in [1.54, 1.807) is 23.2 Å². The molecule has 0 saturated carbocycles. The van der Waals surface area contributed by atoms with Crippen LogP contribution in [0.15, 0.2) is 35.4 Å². The van der Waals surface area contributed by atoms with Gasteiger partial charge in [0.15, 0.2) is 11.5 Å². The molecule has 1 saturated heterocycles. The zero-order chi connectivity index (χ0) is 28.9. The summed E-state index contributed by atoms with van der Waals surface area (Å²) < 4.78 is 33.4. The summed E-state index contributed by atoms with van der Waals surface area (Å²) >= 11 is 0. The van der Waals surface area contributed by atoms with Gasteiger partial charge in [-0.15, -0.1) is 0 Å². The number of pyridine rings is 3. The molecule has 6 heterocycles. The fourth-order valence-electron chi connectivity index (χ4n) is 5.98. The minimum Gasteiger partial charge on any atom is -0.486 e. The van der Waals surface area contributed by atoms with Gasteiger partial charge in [-0.05, 0) is 39.7 Å². The van der Waals surface area contributed by atoms with Crippen molar-refractivity contribution in [1.82, 2.24) is 24.3 Å². The fraction of sp³-hybridized carbons (Fsp3) is 0.517. The first-order valence-electron chi connectivity index (χ1n) is 13.9. The first kappa shape index (κ1) is 27.4. The third-order valence-corrected chi connectivity index (χ3v) is 7.77. The van der Waals surface area contributed by atoms with E-state index in [4.69, 9.17) is 14.2 Å². The summed E-state index contributed by atoms with van der Waals surface area (Å²) in [6, 6.07) is 4.59. The second kappa shape index (κ2) is 10.3. The number of nitrogens with zero attached hydrogens (tertiary/aromatic N) is 5. The molecule has 0 radical (unpaired) electrons. The summed E-state index contributed by atoms with van der Waals surface area (Å²) in [7, 11) is 0. The molecule has 0 aliphatic carbocycles. The topological polar surface area (TPSA) is 119 Å². The molecule has 1 fully saturated rings. The number of carbonyl (C=O) groups is 1. The molecule has 1 N–H and O–H groups in total. The van der Waals surface area contributed by atoms with Crippen molar-refractivity contribution in [2.75, 3.05) is 32.8 Å². The Hall–Kier alpha value is -3.77. The Morgan fingerprint density at radius 3 is 2.63 bits per heavy atom. The molecule has 0 aromatic carbocycles. The predicted octanol–water partition coefficient (Wildman–Crippen LogP) is 2.80. The van der Waals surface area contributed by atoms with Crippen molar-refractivity contribution in [1.29, 1.82) is 0 Å². The maximum Gasteiger partial charge on any atom is 0.410 e. The van der Waals surface area contributed by atoms with Crippen LogP contribution in [0.25, 0.3) is 11.0 Å². The Labute approximate surface area is 236 Å². The summed E-state index contributed by atoms with van der Waals surface area (Å²) in [5.74, 6) is 0.548. The third kappa shape index (κ3) is 5.33. The number of fused-ring (bicyclic) bond motifs is 1. The molecule has 1 amide bonds. The van der Waals surface area contributed by atoms with E-state index >= 15 is 4.39 Å². The molecule has 3 aromatic rings. The number of rotatable bonds is 5. The van der Waals surface area contributed by atoms with E-state index in [1.807, 2.05) is 20.8 Å². The molecule has 1 unspecified atom stereocenters. The van der Waals surface area contributed by atoms with Crippen LogP contribution in [0.3, 0.4) is 0 Å². The van der Waals surface area contributed by atoms with E-state index in [2.05, 4.69) is 14.9 Å². The Kier molecular flexibility index (Phi) is 6.85. The first-order chi connectivity index (χ1) is 19.5. The van der Waals surface area contributed by atoms with Crippen LogP contribution in [0, 0.1) is 5.82 Å². The van der Waals surface area contributed by atoms with Gasteiger partial charge < -0.3 is 23.9 Å². The Balaban J connectivity index is 1.18. The SMILES string of the molecule is CC(C)(C)OC(=O)N(Cc1cc2c(cn1)OCCO2)C1CCN(CC2(O)Cn3c(=O)ccc4ncc(F)c2c43)CC1. The van der Waals surface area contributed by atoms with E-state index in [1.165, 1.54) is 10.6 Å². The van der Waals surface area contributed by atoms with Crippen molar-refractivity contribution in [2.45, 2.75) is 63.9 Å². The van der Waals surface area contributed by atoms with Crippen LogP contribution in [0.2, 0.25) is 0 Å². The monoisotopic (exact) mass is 567 g/mol. The van der Waals surface area contributed by atoms with Gasteiger partial charge in [0.1, 0.15) is 30.2 Å². The molecule has 3 aliphatic heterocycles. The molecule has 41 heavy (non-hydrogen) atoms. The van der Waals surface area contributed by atoms with Crippen LogP contribution in [0.5, 0.6) is 11.5 Å². The highest BCUT2D eigenvalue weighted by molar-refractivity contribution is 5.81. The van der Waals surface area contributed by atoms with Gasteiger partial charge in [-0.2, -0.15) is 0 Å². The summed E-state index contributed by atoms with van der Waals surface area (Å²) in [6.45, 7) is 7.85. The number of aliphatic hydroxyl groups is 1. The van der Waals surface area contributed by atoms with E-state index in [-0.39, 0.29) is 36.8 Å². The van der Waals surface area contributed by atoms with Crippen LogP contribution >= 0.6 is 0 Å². The Morgan fingerprint density at radius 2 is 1.90 bits per heavy atom. The first-order valence-corrected chi connectivity index (χ1v) is 13.9. The van der Waals surface area contributed by atoms with Gasteiger partial charge in [-0.1, -0.05) is 0 Å². The quantitative estimate of drug-likeness (QED) is 0.496. The molecule has 12 heteroatoms. The van der Waals surface area contributed by atoms with Crippen molar-refractivity contribution < 1.29 is 28.5 Å². The second-order valence-electron chi connectivity index (χ2n) is 11.9. The molecule has 6 rings (SSSR count). The Morgan fingerprint density at radius 1 is 1.17 bits per heavy atom. The summed E-state index contributed by atoms with van der Waals surface area (Å²) in [5, 5.41) is 11.7. The zero-order valence-electron chi connectivity index (χ0n) is 23.4. The fourth-order valence-corrected chi connectivity index (χ4v) is 5.98. The maximum atomic E-state index is 15.0. The highest BCUT2D eigenvalue weighted by atomic mass is 19.1. The largest absolute Gasteiger partial charge is 0.486 e. The number of hydrogen-bond donors (Lipinski definition) is 1. The maximum absolute atomic E-state index is 15.0. The van der Waals surface area contributed by atoms with Gasteiger partial charge in [0.25, 0.3) is 5.56 Å². The van der Waals surface area contributed by atoms with E-state index < -0.39 is 23.1 Å². The highest BCUT2D eigenvalue weighted by Gasteiger charge is 2.44. The number of β-amino-alcohol motifs (C(OH)–C–C–N with tert-alkyl or cyclic N) is 1. The second-order valence-corrected chi connectivity index (χ2v) is 11.9. The molecule has 1 atom stereocenters. The lowest BCUT2D eigenvalue weighted by Crippen LogP contribution is -2.51. The summed E-state index contributed by atoms with van der Waals surface area (Å²) in [6.07, 6.45) is 3.50. The molecular weight excluding hydrogens is 533 g/mol. The molecule has 3 aromatic heterocycles. The van der Waals surface area contributed by atoms with Crippen molar-refractivity contribution in [3.05, 3.63) is 58.0 Å². The van der Waals surface area contributed by atoms with E-state index in [0.29, 0.717) is 67.4 Å². The number of hydrogen-bond acceptors (Lipinski definition) is 9. The van der Waals surface area contributed by atoms with Crippen molar-refractivity contribution in [3.63, 3.8) is 0 Å². The molecule has 218 valence electrons. The molecular formula is C29H34FN5O6. The number of aromatic nitrogens is 3. The number of piperidine rings is 1.